The monoisotopic (exact) mass is 315 g/mol. The van der Waals surface area contributed by atoms with Gasteiger partial charge in [0.05, 0.1) is 24.3 Å². The molecule has 18 heavy (non-hydrogen) atoms. The number of hydrogen-bond acceptors (Lipinski definition) is 4. The third-order valence-electron chi connectivity index (χ3n) is 3.08. The second-order valence-corrected chi connectivity index (χ2v) is 5.80. The molecule has 0 spiro atoms. The first-order valence-electron chi connectivity index (χ1n) is 5.80. The maximum Gasteiger partial charge on any atom is 0.133 e. The average molecular weight is 316 g/mol. The van der Waals surface area contributed by atoms with Gasteiger partial charge in [0, 0.05) is 25.2 Å². The number of hydrogen-bond donors (Lipinski definition) is 1. The third kappa shape index (κ3) is 2.79. The molecule has 0 aliphatic carbocycles. The number of methoxy groups -OCH3 is 2. The summed E-state index contributed by atoms with van der Waals surface area (Å²) >= 11 is 3.44. The smallest absolute Gasteiger partial charge is 0.133 e. The molecule has 0 radical (unpaired) electrons. The minimum Gasteiger partial charge on any atom is -0.496 e. The van der Waals surface area contributed by atoms with E-state index in [9.17, 15) is 5.11 Å². The van der Waals surface area contributed by atoms with Crippen molar-refractivity contribution >= 4 is 15.9 Å². The summed E-state index contributed by atoms with van der Waals surface area (Å²) in [6, 6.07) is 3.88. The average Bonchev–Trinajstić information content (AvgIpc) is 2.28. The lowest BCUT2D eigenvalue weighted by molar-refractivity contribution is -0.0873. The first-order valence-corrected chi connectivity index (χ1v) is 6.59. The summed E-state index contributed by atoms with van der Waals surface area (Å²) in [6.45, 7) is 3.98. The lowest BCUT2D eigenvalue weighted by Gasteiger charge is -2.44. The molecule has 1 aliphatic heterocycles. The normalized spacial score (nSPS) is 18.3. The molecule has 1 aromatic carbocycles. The Morgan fingerprint density at radius 2 is 1.89 bits per heavy atom. The van der Waals surface area contributed by atoms with Crippen LogP contribution in [-0.4, -0.2) is 42.9 Å². The van der Waals surface area contributed by atoms with Crippen molar-refractivity contribution in [3.05, 3.63) is 22.2 Å². The van der Waals surface area contributed by atoms with Crippen LogP contribution in [0, 0.1) is 0 Å². The zero-order valence-corrected chi connectivity index (χ0v) is 12.5. The molecule has 1 aromatic rings. The number of ether oxygens (including phenoxy) is 2. The number of rotatable bonds is 4. The number of β-amino-alcohol motifs (C(OH)–C–C–N with tert-alkyl or cyclic N) is 1. The predicted molar refractivity (Wildman–Crippen MR) is 73.1 cm³/mol. The van der Waals surface area contributed by atoms with E-state index in [1.54, 1.807) is 14.2 Å². The van der Waals surface area contributed by atoms with Gasteiger partial charge in [0.1, 0.15) is 11.5 Å². The van der Waals surface area contributed by atoms with E-state index in [1.165, 1.54) is 0 Å². The fourth-order valence-corrected chi connectivity index (χ4v) is 2.80. The lowest BCUT2D eigenvalue weighted by Crippen LogP contribution is -2.59. The van der Waals surface area contributed by atoms with Crippen molar-refractivity contribution in [1.82, 2.24) is 4.90 Å². The molecule has 1 fully saturated rings. The van der Waals surface area contributed by atoms with Crippen molar-refractivity contribution in [2.75, 3.05) is 27.3 Å². The Morgan fingerprint density at radius 1 is 1.28 bits per heavy atom. The van der Waals surface area contributed by atoms with Crippen LogP contribution < -0.4 is 9.47 Å². The van der Waals surface area contributed by atoms with Crippen molar-refractivity contribution in [3.8, 4) is 11.5 Å². The van der Waals surface area contributed by atoms with Crippen molar-refractivity contribution in [1.29, 1.82) is 0 Å². The van der Waals surface area contributed by atoms with Gasteiger partial charge in [-0.05, 0) is 35.0 Å². The van der Waals surface area contributed by atoms with E-state index in [4.69, 9.17) is 9.47 Å². The Hall–Kier alpha value is -0.780. The molecule has 0 unspecified atom stereocenters. The third-order valence-corrected chi connectivity index (χ3v) is 3.70. The summed E-state index contributed by atoms with van der Waals surface area (Å²) in [6.07, 6.45) is 0. The minimum absolute atomic E-state index is 0.549. The summed E-state index contributed by atoms with van der Waals surface area (Å²) < 4.78 is 11.5. The predicted octanol–water partition coefficient (Wildman–Crippen LogP) is 2.03. The van der Waals surface area contributed by atoms with Crippen LogP contribution >= 0.6 is 15.9 Å². The molecule has 0 bridgehead atoms. The Labute approximate surface area is 116 Å². The van der Waals surface area contributed by atoms with Crippen LogP contribution in [0.3, 0.4) is 0 Å². The van der Waals surface area contributed by atoms with Crippen LogP contribution in [-0.2, 0) is 6.54 Å². The SMILES string of the molecule is COc1cc(CN2CC(C)(O)C2)c(OC)cc1Br. The minimum atomic E-state index is -0.549. The van der Waals surface area contributed by atoms with Crippen LogP contribution in [0.15, 0.2) is 16.6 Å². The molecule has 2 rings (SSSR count). The molecule has 0 amide bonds. The summed E-state index contributed by atoms with van der Waals surface area (Å²) in [4.78, 5) is 2.17. The lowest BCUT2D eigenvalue weighted by atomic mass is 9.96. The van der Waals surface area contributed by atoms with E-state index in [-0.39, 0.29) is 0 Å². The van der Waals surface area contributed by atoms with Crippen LogP contribution in [0.25, 0.3) is 0 Å². The van der Waals surface area contributed by atoms with Gasteiger partial charge in [0.15, 0.2) is 0 Å². The number of halogens is 1. The Bertz CT molecular complexity index is 440. The molecular weight excluding hydrogens is 298 g/mol. The molecule has 1 aliphatic rings. The zero-order valence-electron chi connectivity index (χ0n) is 10.9. The van der Waals surface area contributed by atoms with Gasteiger partial charge in [-0.2, -0.15) is 0 Å². The summed E-state index contributed by atoms with van der Waals surface area (Å²) in [5.74, 6) is 1.62. The van der Waals surface area contributed by atoms with E-state index in [0.717, 1.165) is 28.1 Å². The van der Waals surface area contributed by atoms with E-state index >= 15 is 0 Å². The molecule has 100 valence electrons. The highest BCUT2D eigenvalue weighted by Gasteiger charge is 2.36. The van der Waals surface area contributed by atoms with Gasteiger partial charge in [-0.1, -0.05) is 0 Å². The zero-order chi connectivity index (χ0) is 13.3. The summed E-state index contributed by atoms with van der Waals surface area (Å²) in [5.41, 5.74) is 0.514. The fraction of sp³-hybridized carbons (Fsp3) is 0.538. The van der Waals surface area contributed by atoms with Gasteiger partial charge in [-0.25, -0.2) is 0 Å². The largest absolute Gasteiger partial charge is 0.496 e. The maximum absolute atomic E-state index is 9.73. The molecule has 0 atom stereocenters. The van der Waals surface area contributed by atoms with Crippen molar-refractivity contribution in [2.24, 2.45) is 0 Å². The molecule has 1 saturated heterocycles. The van der Waals surface area contributed by atoms with Gasteiger partial charge in [0.25, 0.3) is 0 Å². The van der Waals surface area contributed by atoms with E-state index < -0.39 is 5.60 Å². The molecular formula is C13H18BrNO3. The molecule has 0 aromatic heterocycles. The Balaban J connectivity index is 2.16. The van der Waals surface area contributed by atoms with Gasteiger partial charge in [-0.3, -0.25) is 4.90 Å². The highest BCUT2D eigenvalue weighted by molar-refractivity contribution is 9.10. The molecule has 1 N–H and O–H groups in total. The fourth-order valence-electron chi connectivity index (χ4n) is 2.32. The molecule has 1 heterocycles. The van der Waals surface area contributed by atoms with Gasteiger partial charge in [-0.15, -0.1) is 0 Å². The van der Waals surface area contributed by atoms with Crippen LogP contribution in [0.2, 0.25) is 0 Å². The number of likely N-dealkylation sites (tertiary alicyclic amines) is 1. The second-order valence-electron chi connectivity index (χ2n) is 4.94. The van der Waals surface area contributed by atoms with Crippen molar-refractivity contribution < 1.29 is 14.6 Å². The quantitative estimate of drug-likeness (QED) is 0.923. The second kappa shape index (κ2) is 5.07. The number of aliphatic hydroxyl groups is 1. The number of nitrogens with zero attached hydrogens (tertiary/aromatic N) is 1. The van der Waals surface area contributed by atoms with Crippen LogP contribution in [0.4, 0.5) is 0 Å². The first kappa shape index (κ1) is 13.6. The Morgan fingerprint density at radius 3 is 2.39 bits per heavy atom. The molecule has 4 nitrogen and oxygen atoms in total. The van der Waals surface area contributed by atoms with Gasteiger partial charge < -0.3 is 14.6 Å². The topological polar surface area (TPSA) is 41.9 Å². The highest BCUT2D eigenvalue weighted by atomic mass is 79.9. The van der Waals surface area contributed by atoms with Gasteiger partial charge in [0.2, 0.25) is 0 Å². The van der Waals surface area contributed by atoms with Crippen LogP contribution in [0.5, 0.6) is 11.5 Å². The molecule has 5 heteroatoms. The number of benzene rings is 1. The van der Waals surface area contributed by atoms with Crippen molar-refractivity contribution in [3.63, 3.8) is 0 Å². The molecule has 0 saturated carbocycles. The summed E-state index contributed by atoms with van der Waals surface area (Å²) in [7, 11) is 3.30. The van der Waals surface area contributed by atoms with E-state index in [2.05, 4.69) is 20.8 Å². The van der Waals surface area contributed by atoms with Crippen molar-refractivity contribution in [2.45, 2.75) is 19.1 Å². The standard InChI is InChI=1S/C13H18BrNO3/c1-13(16)7-15(8-13)6-9-4-12(18-3)10(14)5-11(9)17-2/h4-5,16H,6-8H2,1-3H3. The van der Waals surface area contributed by atoms with E-state index in [1.807, 2.05) is 19.1 Å². The van der Waals surface area contributed by atoms with E-state index in [0.29, 0.717) is 13.1 Å². The highest BCUT2D eigenvalue weighted by Crippen LogP contribution is 2.34. The maximum atomic E-state index is 9.73. The first-order chi connectivity index (χ1) is 8.45. The Kier molecular flexibility index (Phi) is 3.84. The summed E-state index contributed by atoms with van der Waals surface area (Å²) in [5, 5.41) is 9.73. The van der Waals surface area contributed by atoms with Crippen LogP contribution in [0.1, 0.15) is 12.5 Å². The van der Waals surface area contributed by atoms with Gasteiger partial charge >= 0.3 is 0 Å².